The van der Waals surface area contributed by atoms with Gasteiger partial charge in [0.05, 0.1) is 5.56 Å². The third-order valence-corrected chi connectivity index (χ3v) is 5.70. The maximum absolute atomic E-state index is 12.2. The average Bonchev–Trinajstić information content (AvgIpc) is 2.40. The summed E-state index contributed by atoms with van der Waals surface area (Å²) >= 11 is 9.25. The van der Waals surface area contributed by atoms with E-state index >= 15 is 0 Å². The smallest absolute Gasteiger partial charge is 0.252 e. The number of hydrogen-bond donors (Lipinski definition) is 1. The van der Waals surface area contributed by atoms with Gasteiger partial charge >= 0.3 is 0 Å². The Morgan fingerprint density at radius 2 is 2.00 bits per heavy atom. The van der Waals surface area contributed by atoms with Gasteiger partial charge in [0.1, 0.15) is 0 Å². The van der Waals surface area contributed by atoms with Gasteiger partial charge in [-0.2, -0.15) is 0 Å². The molecule has 0 heterocycles. The molecule has 19 heavy (non-hydrogen) atoms. The molecule has 106 valence electrons. The fourth-order valence-corrected chi connectivity index (χ4v) is 3.77. The number of carbonyl (C=O) groups excluding carboxylic acids is 1. The Labute approximate surface area is 145 Å². The highest BCUT2D eigenvalue weighted by Gasteiger charge is 2.17. The number of amides is 1. The van der Waals surface area contributed by atoms with Crippen molar-refractivity contribution in [3.05, 3.63) is 31.8 Å². The molecule has 1 rings (SSSR count). The highest BCUT2D eigenvalue weighted by molar-refractivity contribution is 14.1. The van der Waals surface area contributed by atoms with Crippen molar-refractivity contribution in [3.63, 3.8) is 0 Å². The maximum Gasteiger partial charge on any atom is 0.252 e. The third-order valence-electron chi connectivity index (χ3n) is 3.19. The molecule has 0 aliphatic rings. The molecule has 0 aromatic heterocycles. The van der Waals surface area contributed by atoms with Gasteiger partial charge in [-0.05, 0) is 46.7 Å². The van der Waals surface area contributed by atoms with Crippen LogP contribution < -0.4 is 5.32 Å². The van der Waals surface area contributed by atoms with Gasteiger partial charge in [0.15, 0.2) is 0 Å². The van der Waals surface area contributed by atoms with Crippen LogP contribution in [0.25, 0.3) is 0 Å². The molecule has 5 heteroatoms. The predicted octanol–water partition coefficient (Wildman–Crippen LogP) is 4.98. The summed E-state index contributed by atoms with van der Waals surface area (Å²) in [5.41, 5.74) is 0.722. The van der Waals surface area contributed by atoms with E-state index in [0.29, 0.717) is 17.3 Å². The standard InChI is InChI=1S/C14H18Br2INO/c1-3-9(4-2)12(16)8-18-14(19)11-7-10(15)5-6-13(11)17/h5-7,9,12H,3-4,8H2,1-2H3,(H,18,19). The third kappa shape index (κ3) is 5.34. The first-order valence-electron chi connectivity index (χ1n) is 6.36. The summed E-state index contributed by atoms with van der Waals surface area (Å²) in [5.74, 6) is 0.586. The van der Waals surface area contributed by atoms with E-state index in [1.807, 2.05) is 18.2 Å². The predicted molar refractivity (Wildman–Crippen MR) is 96.0 cm³/mol. The van der Waals surface area contributed by atoms with Crippen LogP contribution in [0.4, 0.5) is 0 Å². The number of alkyl halides is 1. The van der Waals surface area contributed by atoms with Crippen molar-refractivity contribution in [2.75, 3.05) is 6.54 Å². The van der Waals surface area contributed by atoms with Crippen molar-refractivity contribution >= 4 is 60.4 Å². The Bertz CT molecular complexity index is 435. The van der Waals surface area contributed by atoms with Gasteiger partial charge in [-0.3, -0.25) is 4.79 Å². The summed E-state index contributed by atoms with van der Waals surface area (Å²) in [6.45, 7) is 5.02. The second kappa shape index (κ2) is 8.62. The van der Waals surface area contributed by atoms with E-state index < -0.39 is 0 Å². The summed E-state index contributed by atoms with van der Waals surface area (Å²) in [5, 5.41) is 3.00. The summed E-state index contributed by atoms with van der Waals surface area (Å²) in [6.07, 6.45) is 2.24. The minimum atomic E-state index is -0.0129. The molecule has 0 bridgehead atoms. The molecule has 1 aromatic rings. The fourth-order valence-electron chi connectivity index (χ4n) is 1.92. The molecule has 0 spiro atoms. The molecular formula is C14H18Br2INO. The number of nitrogens with one attached hydrogen (secondary N) is 1. The number of halogens is 3. The van der Waals surface area contributed by atoms with Crippen molar-refractivity contribution in [1.82, 2.24) is 5.32 Å². The van der Waals surface area contributed by atoms with Crippen LogP contribution in [0.1, 0.15) is 37.0 Å². The largest absolute Gasteiger partial charge is 0.351 e. The van der Waals surface area contributed by atoms with E-state index in [2.05, 4.69) is 73.6 Å². The quantitative estimate of drug-likeness (QED) is 0.431. The van der Waals surface area contributed by atoms with Crippen LogP contribution in [0.15, 0.2) is 22.7 Å². The van der Waals surface area contributed by atoms with Crippen LogP contribution in [0.2, 0.25) is 0 Å². The number of carbonyl (C=O) groups is 1. The van der Waals surface area contributed by atoms with E-state index in [4.69, 9.17) is 0 Å². The maximum atomic E-state index is 12.2. The van der Waals surface area contributed by atoms with Crippen molar-refractivity contribution < 1.29 is 4.79 Å². The molecule has 0 aliphatic carbocycles. The van der Waals surface area contributed by atoms with Crippen molar-refractivity contribution in [2.45, 2.75) is 31.5 Å². The summed E-state index contributed by atoms with van der Waals surface area (Å²) < 4.78 is 1.89. The van der Waals surface area contributed by atoms with Crippen molar-refractivity contribution in [1.29, 1.82) is 0 Å². The average molecular weight is 503 g/mol. The molecule has 1 atom stereocenters. The SMILES string of the molecule is CCC(CC)C(Br)CNC(=O)c1cc(Br)ccc1I. The molecular weight excluding hydrogens is 485 g/mol. The zero-order valence-electron chi connectivity index (χ0n) is 11.1. The minimum Gasteiger partial charge on any atom is -0.351 e. The summed E-state index contributed by atoms with van der Waals surface area (Å²) in [7, 11) is 0. The van der Waals surface area contributed by atoms with Crippen LogP contribution in [0, 0.1) is 9.49 Å². The van der Waals surface area contributed by atoms with Crippen molar-refractivity contribution in [2.24, 2.45) is 5.92 Å². The molecule has 1 aromatic carbocycles. The monoisotopic (exact) mass is 501 g/mol. The van der Waals surface area contributed by atoms with E-state index in [-0.39, 0.29) is 5.91 Å². The lowest BCUT2D eigenvalue weighted by atomic mass is 9.99. The second-order valence-corrected chi connectivity index (χ2v) is 7.68. The van der Waals surface area contributed by atoms with Crippen LogP contribution in [-0.4, -0.2) is 17.3 Å². The molecule has 1 N–H and O–H groups in total. The van der Waals surface area contributed by atoms with Crippen molar-refractivity contribution in [3.8, 4) is 0 Å². The first kappa shape index (κ1) is 17.4. The Hall–Kier alpha value is 0.380. The molecule has 1 amide bonds. The van der Waals surface area contributed by atoms with E-state index in [9.17, 15) is 4.79 Å². The Morgan fingerprint density at radius 3 is 2.58 bits per heavy atom. The molecule has 0 radical (unpaired) electrons. The summed E-state index contributed by atoms with van der Waals surface area (Å²) in [6, 6.07) is 5.74. The Balaban J connectivity index is 2.63. The molecule has 0 saturated heterocycles. The normalized spacial score (nSPS) is 12.5. The van der Waals surface area contributed by atoms with Crippen LogP contribution >= 0.6 is 54.5 Å². The van der Waals surface area contributed by atoms with Crippen LogP contribution in [0.3, 0.4) is 0 Å². The summed E-state index contributed by atoms with van der Waals surface area (Å²) in [4.78, 5) is 12.5. The van der Waals surface area contributed by atoms with Gasteiger partial charge < -0.3 is 5.32 Å². The second-order valence-electron chi connectivity index (χ2n) is 4.43. The number of benzene rings is 1. The first-order valence-corrected chi connectivity index (χ1v) is 9.15. The van der Waals surface area contributed by atoms with Crippen LogP contribution in [-0.2, 0) is 0 Å². The van der Waals surface area contributed by atoms with E-state index in [1.165, 1.54) is 0 Å². The van der Waals surface area contributed by atoms with Gasteiger partial charge in [-0.1, -0.05) is 58.5 Å². The number of rotatable bonds is 6. The first-order chi connectivity index (χ1) is 8.99. The molecule has 0 saturated carbocycles. The highest BCUT2D eigenvalue weighted by Crippen LogP contribution is 2.21. The number of hydrogen-bond acceptors (Lipinski definition) is 1. The van der Waals surface area contributed by atoms with Crippen LogP contribution in [0.5, 0.6) is 0 Å². The Kier molecular flexibility index (Phi) is 7.91. The van der Waals surface area contributed by atoms with Gasteiger partial charge in [0, 0.05) is 19.4 Å². The zero-order valence-corrected chi connectivity index (χ0v) is 16.4. The van der Waals surface area contributed by atoms with Gasteiger partial charge in [-0.15, -0.1) is 0 Å². The lowest BCUT2D eigenvalue weighted by molar-refractivity contribution is 0.0951. The molecule has 0 aliphatic heterocycles. The van der Waals surface area contributed by atoms with Gasteiger partial charge in [0.25, 0.3) is 5.91 Å². The zero-order chi connectivity index (χ0) is 14.4. The minimum absolute atomic E-state index is 0.0129. The van der Waals surface area contributed by atoms with E-state index in [1.54, 1.807) is 0 Å². The lowest BCUT2D eigenvalue weighted by Gasteiger charge is -2.20. The lowest BCUT2D eigenvalue weighted by Crippen LogP contribution is -2.33. The Morgan fingerprint density at radius 1 is 1.37 bits per heavy atom. The highest BCUT2D eigenvalue weighted by atomic mass is 127. The molecule has 1 unspecified atom stereocenters. The fraction of sp³-hybridized carbons (Fsp3) is 0.500. The molecule has 0 fully saturated rings. The topological polar surface area (TPSA) is 29.1 Å². The van der Waals surface area contributed by atoms with Gasteiger partial charge in [0.2, 0.25) is 0 Å². The van der Waals surface area contributed by atoms with Gasteiger partial charge in [-0.25, -0.2) is 0 Å². The molecule has 2 nitrogen and oxygen atoms in total. The van der Waals surface area contributed by atoms with E-state index in [0.717, 1.165) is 26.4 Å².